The molecule has 1 aromatic heterocycles. The van der Waals surface area contributed by atoms with Crippen LogP contribution in [0.15, 0.2) is 41.2 Å². The molecule has 1 unspecified atom stereocenters. The Morgan fingerprint density at radius 3 is 2.56 bits per heavy atom. The largest absolute Gasteiger partial charge is 0.334 e. The molecule has 1 fully saturated rings. The van der Waals surface area contributed by atoms with E-state index in [-0.39, 0.29) is 24.2 Å². The molecule has 132 valence electrons. The third kappa shape index (κ3) is 4.10. The van der Waals surface area contributed by atoms with Crippen LogP contribution in [0.4, 0.5) is 4.79 Å². The quantitative estimate of drug-likeness (QED) is 0.782. The molecular weight excluding hydrogens is 314 g/mol. The van der Waals surface area contributed by atoms with E-state index in [0.29, 0.717) is 11.5 Å². The Kier molecular flexibility index (Phi) is 5.22. The Morgan fingerprint density at radius 1 is 1.24 bits per heavy atom. The van der Waals surface area contributed by atoms with E-state index in [1.54, 1.807) is 0 Å². The maximum Gasteiger partial charge on any atom is 0.315 e. The van der Waals surface area contributed by atoms with Crippen LogP contribution >= 0.6 is 0 Å². The minimum absolute atomic E-state index is 0.0207. The summed E-state index contributed by atoms with van der Waals surface area (Å²) in [6.07, 6.45) is 3.49. The van der Waals surface area contributed by atoms with E-state index < -0.39 is 0 Å². The first kappa shape index (κ1) is 17.3. The van der Waals surface area contributed by atoms with Crippen LogP contribution in [-0.4, -0.2) is 11.0 Å². The van der Waals surface area contributed by atoms with Crippen molar-refractivity contribution >= 4 is 6.03 Å². The predicted molar refractivity (Wildman–Crippen MR) is 98.4 cm³/mol. The van der Waals surface area contributed by atoms with E-state index in [1.807, 2.05) is 38.1 Å². The number of aromatic amines is 1. The first-order valence-electron chi connectivity index (χ1n) is 8.83. The summed E-state index contributed by atoms with van der Waals surface area (Å²) in [5.74, 6) is 0.484. The van der Waals surface area contributed by atoms with Gasteiger partial charge in [0.2, 0.25) is 0 Å². The Hall–Kier alpha value is -2.56. The van der Waals surface area contributed by atoms with Crippen molar-refractivity contribution < 1.29 is 4.79 Å². The SMILES string of the molecule is Cc1cc(C)c(CNC(=O)NC(c2ccccc2)C2CCC2)c(=O)[nH]1. The van der Waals surface area contributed by atoms with E-state index in [4.69, 9.17) is 0 Å². The van der Waals surface area contributed by atoms with Crippen molar-refractivity contribution in [1.29, 1.82) is 0 Å². The molecule has 2 amide bonds. The molecule has 0 spiro atoms. The molecule has 3 N–H and O–H groups in total. The van der Waals surface area contributed by atoms with Crippen LogP contribution in [0, 0.1) is 19.8 Å². The van der Waals surface area contributed by atoms with Crippen LogP contribution in [0.1, 0.15) is 47.7 Å². The lowest BCUT2D eigenvalue weighted by atomic mass is 9.77. The number of nitrogens with one attached hydrogen (secondary N) is 3. The highest BCUT2D eigenvalue weighted by molar-refractivity contribution is 5.74. The number of amides is 2. The number of rotatable bonds is 5. The first-order valence-corrected chi connectivity index (χ1v) is 8.83. The van der Waals surface area contributed by atoms with Gasteiger partial charge in [0.05, 0.1) is 12.6 Å². The van der Waals surface area contributed by atoms with Gasteiger partial charge in [-0.2, -0.15) is 0 Å². The molecule has 0 saturated heterocycles. The Labute approximate surface area is 147 Å². The Morgan fingerprint density at radius 2 is 1.96 bits per heavy atom. The predicted octanol–water partition coefficient (Wildman–Crippen LogP) is 3.33. The zero-order valence-corrected chi connectivity index (χ0v) is 14.8. The average molecular weight is 339 g/mol. The number of hydrogen-bond donors (Lipinski definition) is 3. The molecule has 0 radical (unpaired) electrons. The second kappa shape index (κ2) is 7.55. The van der Waals surface area contributed by atoms with Gasteiger partial charge in [-0.3, -0.25) is 4.79 Å². The summed E-state index contributed by atoms with van der Waals surface area (Å²) < 4.78 is 0. The van der Waals surface area contributed by atoms with Crippen molar-refractivity contribution in [3.63, 3.8) is 0 Å². The van der Waals surface area contributed by atoms with Gasteiger partial charge in [0, 0.05) is 11.3 Å². The molecule has 1 saturated carbocycles. The average Bonchev–Trinajstić information content (AvgIpc) is 2.52. The topological polar surface area (TPSA) is 74.0 Å². The summed E-state index contributed by atoms with van der Waals surface area (Å²) in [7, 11) is 0. The number of carbonyl (C=O) groups excluding carboxylic acids is 1. The number of aromatic nitrogens is 1. The van der Waals surface area contributed by atoms with Crippen LogP contribution in [-0.2, 0) is 6.54 Å². The number of H-pyrrole nitrogens is 1. The van der Waals surface area contributed by atoms with Crippen molar-refractivity contribution in [1.82, 2.24) is 15.6 Å². The molecule has 2 aromatic rings. The van der Waals surface area contributed by atoms with Crippen molar-refractivity contribution in [3.8, 4) is 0 Å². The van der Waals surface area contributed by atoms with Crippen LogP contribution < -0.4 is 16.2 Å². The minimum Gasteiger partial charge on any atom is -0.334 e. The summed E-state index contributed by atoms with van der Waals surface area (Å²) in [4.78, 5) is 27.2. The van der Waals surface area contributed by atoms with Crippen LogP contribution in [0.5, 0.6) is 0 Å². The van der Waals surface area contributed by atoms with Crippen LogP contribution in [0.2, 0.25) is 0 Å². The van der Waals surface area contributed by atoms with Crippen molar-refractivity contribution in [3.05, 3.63) is 69.1 Å². The monoisotopic (exact) mass is 339 g/mol. The second-order valence-corrected chi connectivity index (χ2v) is 6.85. The van der Waals surface area contributed by atoms with E-state index in [0.717, 1.165) is 29.7 Å². The highest BCUT2D eigenvalue weighted by Gasteiger charge is 2.29. The van der Waals surface area contributed by atoms with Gasteiger partial charge in [0.25, 0.3) is 5.56 Å². The Bertz CT molecular complexity index is 794. The lowest BCUT2D eigenvalue weighted by molar-refractivity contribution is 0.207. The fraction of sp³-hybridized carbons (Fsp3) is 0.400. The molecule has 1 atom stereocenters. The summed E-state index contributed by atoms with van der Waals surface area (Å²) in [5, 5.41) is 5.93. The smallest absolute Gasteiger partial charge is 0.315 e. The normalized spacial score (nSPS) is 15.3. The number of hydrogen-bond acceptors (Lipinski definition) is 2. The number of pyridine rings is 1. The highest BCUT2D eigenvalue weighted by atomic mass is 16.2. The molecule has 0 bridgehead atoms. The zero-order valence-electron chi connectivity index (χ0n) is 14.8. The van der Waals surface area contributed by atoms with Crippen LogP contribution in [0.3, 0.4) is 0 Å². The first-order chi connectivity index (χ1) is 12.0. The summed E-state index contributed by atoms with van der Waals surface area (Å²) >= 11 is 0. The van der Waals surface area contributed by atoms with Gasteiger partial charge in [-0.25, -0.2) is 4.79 Å². The number of carbonyl (C=O) groups is 1. The third-order valence-corrected chi connectivity index (χ3v) is 4.99. The lowest BCUT2D eigenvalue weighted by Gasteiger charge is -2.34. The van der Waals surface area contributed by atoms with E-state index in [2.05, 4.69) is 27.8 Å². The third-order valence-electron chi connectivity index (χ3n) is 4.99. The zero-order chi connectivity index (χ0) is 17.8. The molecule has 1 aromatic carbocycles. The van der Waals surface area contributed by atoms with Crippen molar-refractivity contribution in [2.75, 3.05) is 0 Å². The molecule has 5 heteroatoms. The maximum atomic E-state index is 12.4. The fourth-order valence-corrected chi connectivity index (χ4v) is 3.37. The summed E-state index contributed by atoms with van der Waals surface area (Å²) in [6.45, 7) is 3.96. The molecular formula is C20H25N3O2. The number of benzene rings is 1. The van der Waals surface area contributed by atoms with Gasteiger partial charge in [0.15, 0.2) is 0 Å². The molecule has 5 nitrogen and oxygen atoms in total. The van der Waals surface area contributed by atoms with Gasteiger partial charge in [-0.05, 0) is 49.8 Å². The van der Waals surface area contributed by atoms with E-state index in [1.165, 1.54) is 6.42 Å². The molecule has 3 rings (SSSR count). The summed E-state index contributed by atoms with van der Waals surface area (Å²) in [5.41, 5.74) is 3.30. The van der Waals surface area contributed by atoms with Gasteiger partial charge in [0.1, 0.15) is 0 Å². The second-order valence-electron chi connectivity index (χ2n) is 6.85. The lowest BCUT2D eigenvalue weighted by Crippen LogP contribution is -2.42. The molecule has 1 heterocycles. The molecule has 1 aliphatic carbocycles. The van der Waals surface area contributed by atoms with Gasteiger partial charge in [-0.15, -0.1) is 0 Å². The summed E-state index contributed by atoms with van der Waals surface area (Å²) in [6, 6.07) is 11.8. The van der Waals surface area contributed by atoms with Gasteiger partial charge < -0.3 is 15.6 Å². The van der Waals surface area contributed by atoms with Crippen molar-refractivity contribution in [2.24, 2.45) is 5.92 Å². The molecule has 1 aliphatic rings. The van der Waals surface area contributed by atoms with Gasteiger partial charge in [-0.1, -0.05) is 36.8 Å². The maximum absolute atomic E-state index is 12.4. The highest BCUT2D eigenvalue weighted by Crippen LogP contribution is 2.37. The number of urea groups is 1. The standard InChI is InChI=1S/C20H25N3O2/c1-13-11-14(2)22-19(24)17(13)12-21-20(25)23-18(16-9-6-10-16)15-7-4-3-5-8-15/h3-5,7-8,11,16,18H,6,9-10,12H2,1-2H3,(H,22,24)(H2,21,23,25). The van der Waals surface area contributed by atoms with Gasteiger partial charge >= 0.3 is 6.03 Å². The minimum atomic E-state index is -0.236. The Balaban J connectivity index is 1.66. The van der Waals surface area contributed by atoms with E-state index in [9.17, 15) is 9.59 Å². The van der Waals surface area contributed by atoms with E-state index >= 15 is 0 Å². The number of aryl methyl sites for hydroxylation is 2. The molecule has 0 aliphatic heterocycles. The molecule has 25 heavy (non-hydrogen) atoms. The fourth-order valence-electron chi connectivity index (χ4n) is 3.37. The van der Waals surface area contributed by atoms with Crippen molar-refractivity contribution in [2.45, 2.75) is 45.7 Å². The van der Waals surface area contributed by atoms with Crippen LogP contribution in [0.25, 0.3) is 0 Å².